The molecule has 24 heavy (non-hydrogen) atoms. The van der Waals surface area contributed by atoms with Gasteiger partial charge in [0.25, 0.3) is 5.91 Å². The number of hydrogen-bond acceptors (Lipinski definition) is 5. The van der Waals surface area contributed by atoms with Gasteiger partial charge in [0.2, 0.25) is 5.95 Å². The molecule has 0 radical (unpaired) electrons. The molecule has 0 saturated heterocycles. The lowest BCUT2D eigenvalue weighted by Crippen LogP contribution is -2.29. The normalized spacial score (nSPS) is 24.6. The van der Waals surface area contributed by atoms with Gasteiger partial charge in [-0.05, 0) is 56.3 Å². The van der Waals surface area contributed by atoms with Crippen molar-refractivity contribution in [3.8, 4) is 0 Å². The van der Waals surface area contributed by atoms with E-state index in [0.717, 1.165) is 37.8 Å². The van der Waals surface area contributed by atoms with Crippen LogP contribution in [0.15, 0.2) is 6.20 Å². The fourth-order valence-electron chi connectivity index (χ4n) is 3.67. The zero-order chi connectivity index (χ0) is 17.3. The van der Waals surface area contributed by atoms with Crippen LogP contribution in [0.4, 0.5) is 5.95 Å². The van der Waals surface area contributed by atoms with E-state index in [1.54, 1.807) is 6.20 Å². The number of hydrogen-bond donors (Lipinski definition) is 3. The molecule has 2 fully saturated rings. The maximum absolute atomic E-state index is 11.7. The number of amides is 1. The molecule has 2 aliphatic carbocycles. The Morgan fingerprint density at radius 2 is 1.96 bits per heavy atom. The highest BCUT2D eigenvalue weighted by Gasteiger charge is 2.38. The highest BCUT2D eigenvalue weighted by atomic mass is 16.3. The Kier molecular flexibility index (Phi) is 4.76. The summed E-state index contributed by atoms with van der Waals surface area (Å²) in [4.78, 5) is 20.6. The molecule has 0 bridgehead atoms. The van der Waals surface area contributed by atoms with Gasteiger partial charge in [-0.15, -0.1) is 0 Å². The van der Waals surface area contributed by atoms with Crippen LogP contribution in [-0.4, -0.2) is 33.1 Å². The molecular formula is C18H28N4O2. The molecule has 1 aromatic rings. The maximum Gasteiger partial charge on any atom is 0.252 e. The summed E-state index contributed by atoms with van der Waals surface area (Å²) in [6.07, 6.45) is 8.02. The minimum Gasteiger partial charge on any atom is -0.393 e. The second-order valence-electron chi connectivity index (χ2n) is 8.01. The zero-order valence-corrected chi connectivity index (χ0v) is 14.6. The minimum absolute atomic E-state index is 0.116. The Balaban J connectivity index is 1.76. The van der Waals surface area contributed by atoms with Crippen molar-refractivity contribution in [2.24, 2.45) is 17.1 Å². The summed E-state index contributed by atoms with van der Waals surface area (Å²) in [5.41, 5.74) is 6.79. The van der Waals surface area contributed by atoms with Gasteiger partial charge in [-0.2, -0.15) is 0 Å². The number of nitrogens with zero attached hydrogens (tertiary/aromatic N) is 2. The van der Waals surface area contributed by atoms with E-state index >= 15 is 0 Å². The van der Waals surface area contributed by atoms with Crippen LogP contribution in [0.3, 0.4) is 0 Å². The van der Waals surface area contributed by atoms with Gasteiger partial charge in [0.05, 0.1) is 17.4 Å². The van der Waals surface area contributed by atoms with Crippen molar-refractivity contribution < 1.29 is 9.90 Å². The number of carbonyl (C=O) groups is 1. The number of nitrogens with two attached hydrogens (primary N) is 1. The number of anilines is 1. The lowest BCUT2D eigenvalue weighted by molar-refractivity contribution is 0.0997. The first kappa shape index (κ1) is 17.1. The monoisotopic (exact) mass is 332 g/mol. The number of aromatic nitrogens is 2. The highest BCUT2D eigenvalue weighted by molar-refractivity contribution is 5.93. The second kappa shape index (κ2) is 6.67. The first-order valence-electron chi connectivity index (χ1n) is 8.95. The summed E-state index contributed by atoms with van der Waals surface area (Å²) < 4.78 is 0. The molecular weight excluding hydrogens is 304 g/mol. The average molecular weight is 332 g/mol. The molecule has 0 atom stereocenters. The third-order valence-corrected chi connectivity index (χ3v) is 5.47. The minimum atomic E-state index is -0.469. The molecule has 0 spiro atoms. The summed E-state index contributed by atoms with van der Waals surface area (Å²) in [5.74, 6) is 0.788. The van der Waals surface area contributed by atoms with E-state index in [-0.39, 0.29) is 17.6 Å². The number of aliphatic hydroxyl groups is 1. The topological polar surface area (TPSA) is 101 Å². The fraction of sp³-hybridized carbons (Fsp3) is 0.722. The predicted octanol–water partition coefficient (Wildman–Crippen LogP) is 2.27. The molecule has 1 aromatic heterocycles. The maximum atomic E-state index is 11.7. The summed E-state index contributed by atoms with van der Waals surface area (Å²) in [5, 5.41) is 13.0. The summed E-state index contributed by atoms with van der Waals surface area (Å²) in [6, 6.07) is 0.275. The molecule has 132 valence electrons. The van der Waals surface area contributed by atoms with Gasteiger partial charge in [-0.1, -0.05) is 13.8 Å². The van der Waals surface area contributed by atoms with Crippen molar-refractivity contribution in [2.45, 2.75) is 70.9 Å². The Hall–Kier alpha value is -1.69. The van der Waals surface area contributed by atoms with Crippen LogP contribution in [0.2, 0.25) is 0 Å². The van der Waals surface area contributed by atoms with Crippen molar-refractivity contribution in [2.75, 3.05) is 5.32 Å². The van der Waals surface area contributed by atoms with Gasteiger partial charge in [0.1, 0.15) is 0 Å². The van der Waals surface area contributed by atoms with E-state index < -0.39 is 5.91 Å². The van der Waals surface area contributed by atoms with E-state index in [9.17, 15) is 9.90 Å². The quantitative estimate of drug-likeness (QED) is 0.742. The van der Waals surface area contributed by atoms with E-state index in [4.69, 9.17) is 5.73 Å². The van der Waals surface area contributed by atoms with Gasteiger partial charge < -0.3 is 16.2 Å². The van der Waals surface area contributed by atoms with Crippen molar-refractivity contribution in [3.05, 3.63) is 17.5 Å². The molecule has 1 amide bonds. The van der Waals surface area contributed by atoms with E-state index in [1.165, 1.54) is 12.8 Å². The van der Waals surface area contributed by atoms with Crippen molar-refractivity contribution >= 4 is 11.9 Å². The van der Waals surface area contributed by atoms with Crippen LogP contribution in [0, 0.1) is 11.3 Å². The molecule has 6 nitrogen and oxygen atoms in total. The zero-order valence-electron chi connectivity index (χ0n) is 14.6. The summed E-state index contributed by atoms with van der Waals surface area (Å²) in [7, 11) is 0. The predicted molar refractivity (Wildman–Crippen MR) is 92.6 cm³/mol. The fourth-order valence-corrected chi connectivity index (χ4v) is 3.67. The molecule has 4 N–H and O–H groups in total. The lowest BCUT2D eigenvalue weighted by atomic mass is 9.82. The molecule has 0 aromatic carbocycles. The van der Waals surface area contributed by atoms with Crippen molar-refractivity contribution in [3.63, 3.8) is 0 Å². The molecule has 6 heteroatoms. The first-order valence-corrected chi connectivity index (χ1v) is 8.95. The van der Waals surface area contributed by atoms with Crippen LogP contribution < -0.4 is 11.1 Å². The van der Waals surface area contributed by atoms with Gasteiger partial charge in [-0.3, -0.25) is 4.79 Å². The highest BCUT2D eigenvalue weighted by Crippen LogP contribution is 2.47. The summed E-state index contributed by atoms with van der Waals surface area (Å²) >= 11 is 0. The van der Waals surface area contributed by atoms with Gasteiger partial charge >= 0.3 is 0 Å². The molecule has 0 aliphatic heterocycles. The van der Waals surface area contributed by atoms with Crippen LogP contribution in [-0.2, 0) is 6.42 Å². The summed E-state index contributed by atoms with van der Waals surface area (Å²) in [6.45, 7) is 4.46. The lowest BCUT2D eigenvalue weighted by Gasteiger charge is -2.27. The van der Waals surface area contributed by atoms with Crippen LogP contribution >= 0.6 is 0 Å². The van der Waals surface area contributed by atoms with Crippen LogP contribution in [0.5, 0.6) is 0 Å². The number of nitrogens with one attached hydrogen (secondary N) is 1. The van der Waals surface area contributed by atoms with Gasteiger partial charge in [0, 0.05) is 12.2 Å². The van der Waals surface area contributed by atoms with E-state index in [2.05, 4.69) is 29.1 Å². The standard InChI is InChI=1S/C18H28N4O2/c1-18(2,11-3-4-11)9-15-14(16(19)24)10-20-17(22-15)21-12-5-7-13(23)8-6-12/h10-13,23H,3-9H2,1-2H3,(H2,19,24)(H,20,21,22). The third kappa shape index (κ3) is 4.04. The first-order chi connectivity index (χ1) is 11.3. The number of carbonyl (C=O) groups excluding carboxylic acids is 1. The molecule has 0 unspecified atom stereocenters. The van der Waals surface area contributed by atoms with Crippen LogP contribution in [0.25, 0.3) is 0 Å². The largest absolute Gasteiger partial charge is 0.393 e. The number of rotatable bonds is 6. The van der Waals surface area contributed by atoms with Crippen LogP contribution in [0.1, 0.15) is 68.4 Å². The Labute approximate surface area is 143 Å². The van der Waals surface area contributed by atoms with Crippen molar-refractivity contribution in [1.29, 1.82) is 0 Å². The van der Waals surface area contributed by atoms with Gasteiger partial charge in [-0.25, -0.2) is 9.97 Å². The Morgan fingerprint density at radius 1 is 1.29 bits per heavy atom. The molecule has 2 saturated carbocycles. The molecule has 2 aliphatic rings. The second-order valence-corrected chi connectivity index (χ2v) is 8.01. The number of primary amides is 1. The van der Waals surface area contributed by atoms with Crippen molar-refractivity contribution in [1.82, 2.24) is 9.97 Å². The third-order valence-electron chi connectivity index (χ3n) is 5.47. The smallest absolute Gasteiger partial charge is 0.252 e. The number of aliphatic hydroxyl groups excluding tert-OH is 1. The Morgan fingerprint density at radius 3 is 2.54 bits per heavy atom. The van der Waals surface area contributed by atoms with Gasteiger partial charge in [0.15, 0.2) is 0 Å². The van der Waals surface area contributed by atoms with E-state index in [0.29, 0.717) is 17.4 Å². The Bertz CT molecular complexity index is 605. The molecule has 3 rings (SSSR count). The molecule has 1 heterocycles. The average Bonchev–Trinajstić information content (AvgIpc) is 3.34. The SMILES string of the molecule is CC(C)(Cc1nc(NC2CCC(O)CC2)ncc1C(N)=O)C1CC1. The van der Waals surface area contributed by atoms with E-state index in [1.807, 2.05) is 0 Å².